The van der Waals surface area contributed by atoms with E-state index in [9.17, 15) is 0 Å². The van der Waals surface area contributed by atoms with E-state index in [1.54, 1.807) is 7.11 Å². The number of ether oxygens (including phenoxy) is 1. The van der Waals surface area contributed by atoms with Crippen molar-refractivity contribution in [1.82, 2.24) is 10.3 Å². The molecule has 6 heteroatoms. The molecule has 0 saturated heterocycles. The number of anilines is 1. The molecule has 0 unspecified atom stereocenters. The second-order valence-corrected chi connectivity index (χ2v) is 8.58. The van der Waals surface area contributed by atoms with Crippen molar-refractivity contribution >= 4 is 39.5 Å². The summed E-state index contributed by atoms with van der Waals surface area (Å²) in [6, 6.07) is 20.4. The summed E-state index contributed by atoms with van der Waals surface area (Å²) >= 11 is 7.88. The average Bonchev–Trinajstić information content (AvgIpc) is 3.25. The van der Waals surface area contributed by atoms with Crippen LogP contribution >= 0.6 is 22.9 Å². The Balaban J connectivity index is 1.22. The molecule has 0 atom stereocenters. The Bertz CT molecular complexity index is 1110. The van der Waals surface area contributed by atoms with Gasteiger partial charge in [0.25, 0.3) is 0 Å². The Hall–Kier alpha value is -2.60. The molecule has 2 aromatic heterocycles. The number of pyridine rings is 1. The number of benzene rings is 2. The molecule has 154 valence electrons. The van der Waals surface area contributed by atoms with Gasteiger partial charge in [0.15, 0.2) is 0 Å². The van der Waals surface area contributed by atoms with Crippen molar-refractivity contribution in [1.29, 1.82) is 0 Å². The van der Waals surface area contributed by atoms with Gasteiger partial charge in [-0.3, -0.25) is 4.98 Å². The molecule has 4 rings (SSSR count). The van der Waals surface area contributed by atoms with Crippen LogP contribution in [-0.2, 0) is 6.54 Å². The van der Waals surface area contributed by atoms with Crippen LogP contribution in [0.2, 0.25) is 5.02 Å². The summed E-state index contributed by atoms with van der Waals surface area (Å²) < 4.78 is 5.23. The highest BCUT2D eigenvalue weighted by atomic mass is 35.5. The maximum atomic E-state index is 6.06. The van der Waals surface area contributed by atoms with Gasteiger partial charge in [0.05, 0.1) is 12.6 Å². The fourth-order valence-electron chi connectivity index (χ4n) is 3.31. The largest absolute Gasteiger partial charge is 0.497 e. The minimum Gasteiger partial charge on any atom is -0.497 e. The number of halogens is 1. The fraction of sp³-hybridized carbons (Fsp3) is 0.208. The molecular formula is C24H24ClN3OS. The van der Waals surface area contributed by atoms with Gasteiger partial charge < -0.3 is 15.4 Å². The Morgan fingerprint density at radius 2 is 1.87 bits per heavy atom. The average molecular weight is 438 g/mol. The third-order valence-corrected chi connectivity index (χ3v) is 6.26. The highest BCUT2D eigenvalue weighted by molar-refractivity contribution is 7.15. The summed E-state index contributed by atoms with van der Waals surface area (Å²) in [5, 5.41) is 8.85. The van der Waals surface area contributed by atoms with Crippen molar-refractivity contribution in [3.05, 3.63) is 76.8 Å². The molecule has 0 bridgehead atoms. The molecule has 2 N–H and O–H groups in total. The SMILES string of the molecule is COc1ccc(-c2ccc(CNCCCNc3ccnc4cc(Cl)ccc34)s2)cc1. The van der Waals surface area contributed by atoms with Crippen LogP contribution in [0.5, 0.6) is 5.75 Å². The van der Waals surface area contributed by atoms with Crippen LogP contribution in [0.25, 0.3) is 21.3 Å². The standard InChI is InChI=1S/C24H24ClN3OS/c1-29-19-6-3-17(4-7-19)24-10-8-20(30-24)16-26-12-2-13-27-22-11-14-28-23-15-18(25)5-9-21(22)23/h3-11,14-15,26H,2,12-13,16H2,1H3,(H,27,28). The number of nitrogens with zero attached hydrogens (tertiary/aromatic N) is 1. The van der Waals surface area contributed by atoms with E-state index in [-0.39, 0.29) is 0 Å². The van der Waals surface area contributed by atoms with E-state index in [1.807, 2.05) is 53.9 Å². The van der Waals surface area contributed by atoms with Gasteiger partial charge in [-0.25, -0.2) is 0 Å². The van der Waals surface area contributed by atoms with Gasteiger partial charge in [-0.15, -0.1) is 11.3 Å². The second-order valence-electron chi connectivity index (χ2n) is 6.97. The van der Waals surface area contributed by atoms with Gasteiger partial charge >= 0.3 is 0 Å². The summed E-state index contributed by atoms with van der Waals surface area (Å²) in [5.41, 5.74) is 3.23. The number of methoxy groups -OCH3 is 1. The number of hydrogen-bond donors (Lipinski definition) is 2. The smallest absolute Gasteiger partial charge is 0.118 e. The fourth-order valence-corrected chi connectivity index (χ4v) is 4.46. The van der Waals surface area contributed by atoms with Gasteiger partial charge in [0.1, 0.15) is 5.75 Å². The lowest BCUT2D eigenvalue weighted by atomic mass is 10.2. The maximum Gasteiger partial charge on any atom is 0.118 e. The number of hydrogen-bond acceptors (Lipinski definition) is 5. The lowest BCUT2D eigenvalue weighted by molar-refractivity contribution is 0.415. The molecule has 0 radical (unpaired) electrons. The molecule has 0 fully saturated rings. The number of fused-ring (bicyclic) bond motifs is 1. The molecule has 0 aliphatic rings. The molecule has 0 aliphatic carbocycles. The van der Waals surface area contributed by atoms with E-state index in [4.69, 9.17) is 16.3 Å². The summed E-state index contributed by atoms with van der Waals surface area (Å²) in [4.78, 5) is 7.00. The summed E-state index contributed by atoms with van der Waals surface area (Å²) in [6.45, 7) is 2.74. The van der Waals surface area contributed by atoms with Gasteiger partial charge in [-0.1, -0.05) is 11.6 Å². The van der Waals surface area contributed by atoms with Crippen molar-refractivity contribution < 1.29 is 4.74 Å². The molecule has 0 spiro atoms. The molecule has 0 amide bonds. The molecule has 4 nitrogen and oxygen atoms in total. The van der Waals surface area contributed by atoms with Crippen molar-refractivity contribution in [2.45, 2.75) is 13.0 Å². The Morgan fingerprint density at radius 1 is 1.00 bits per heavy atom. The van der Waals surface area contributed by atoms with Crippen molar-refractivity contribution in [2.75, 3.05) is 25.5 Å². The molecule has 2 aromatic carbocycles. The molecule has 2 heterocycles. The molecular weight excluding hydrogens is 414 g/mol. The van der Waals surface area contributed by atoms with Crippen molar-refractivity contribution in [3.63, 3.8) is 0 Å². The van der Waals surface area contributed by atoms with Crippen LogP contribution in [0.1, 0.15) is 11.3 Å². The molecule has 0 saturated carbocycles. The van der Waals surface area contributed by atoms with Crippen LogP contribution in [0.3, 0.4) is 0 Å². The van der Waals surface area contributed by atoms with Gasteiger partial charge in [0.2, 0.25) is 0 Å². The minimum absolute atomic E-state index is 0.708. The minimum atomic E-state index is 0.708. The van der Waals surface area contributed by atoms with E-state index in [0.29, 0.717) is 5.02 Å². The maximum absolute atomic E-state index is 6.06. The topological polar surface area (TPSA) is 46.2 Å². The first-order chi connectivity index (χ1) is 14.7. The lowest BCUT2D eigenvalue weighted by Gasteiger charge is -2.10. The summed E-state index contributed by atoms with van der Waals surface area (Å²) in [7, 11) is 1.69. The van der Waals surface area contributed by atoms with E-state index in [2.05, 4.69) is 39.9 Å². The van der Waals surface area contributed by atoms with E-state index in [1.165, 1.54) is 15.3 Å². The first-order valence-electron chi connectivity index (χ1n) is 9.95. The Labute approximate surface area is 185 Å². The first kappa shape index (κ1) is 20.7. The molecule has 4 aromatic rings. The number of nitrogens with one attached hydrogen (secondary N) is 2. The number of aromatic nitrogens is 1. The van der Waals surface area contributed by atoms with E-state index >= 15 is 0 Å². The zero-order chi connectivity index (χ0) is 20.8. The third kappa shape index (κ3) is 5.11. The van der Waals surface area contributed by atoms with Crippen molar-refractivity contribution in [3.8, 4) is 16.2 Å². The monoisotopic (exact) mass is 437 g/mol. The number of rotatable bonds is 9. The van der Waals surface area contributed by atoms with Crippen LogP contribution in [0, 0.1) is 0 Å². The predicted octanol–water partition coefficient (Wildman–Crippen LogP) is 6.22. The van der Waals surface area contributed by atoms with Crippen LogP contribution in [-0.4, -0.2) is 25.2 Å². The predicted molar refractivity (Wildman–Crippen MR) is 128 cm³/mol. The third-order valence-electron chi connectivity index (χ3n) is 4.89. The summed E-state index contributed by atoms with van der Waals surface area (Å²) in [5.74, 6) is 0.884. The van der Waals surface area contributed by atoms with Gasteiger partial charge in [0, 0.05) is 45.1 Å². The Kier molecular flexibility index (Phi) is 6.84. The Morgan fingerprint density at radius 3 is 2.70 bits per heavy atom. The number of thiophene rings is 1. The van der Waals surface area contributed by atoms with Crippen molar-refractivity contribution in [2.24, 2.45) is 0 Å². The van der Waals surface area contributed by atoms with Crippen LogP contribution in [0.4, 0.5) is 5.69 Å². The quantitative estimate of drug-likeness (QED) is 0.305. The van der Waals surface area contributed by atoms with Gasteiger partial charge in [-0.2, -0.15) is 0 Å². The second kappa shape index (κ2) is 9.94. The van der Waals surface area contributed by atoms with E-state index < -0.39 is 0 Å². The van der Waals surface area contributed by atoms with Gasteiger partial charge in [-0.05, 0) is 79.2 Å². The van der Waals surface area contributed by atoms with E-state index in [0.717, 1.165) is 48.4 Å². The normalized spacial score (nSPS) is 11.0. The highest BCUT2D eigenvalue weighted by Gasteiger charge is 2.04. The summed E-state index contributed by atoms with van der Waals surface area (Å²) in [6.07, 6.45) is 2.85. The van der Waals surface area contributed by atoms with Crippen LogP contribution in [0.15, 0.2) is 66.9 Å². The lowest BCUT2D eigenvalue weighted by Crippen LogP contribution is -2.17. The van der Waals surface area contributed by atoms with Crippen LogP contribution < -0.4 is 15.4 Å². The first-order valence-corrected chi connectivity index (χ1v) is 11.1. The molecule has 30 heavy (non-hydrogen) atoms. The molecule has 0 aliphatic heterocycles. The highest BCUT2D eigenvalue weighted by Crippen LogP contribution is 2.29. The zero-order valence-electron chi connectivity index (χ0n) is 16.8. The zero-order valence-corrected chi connectivity index (χ0v) is 18.4.